The highest BCUT2D eigenvalue weighted by Gasteiger charge is 2.21. The molecule has 0 spiro atoms. The molecule has 0 saturated carbocycles. The summed E-state index contributed by atoms with van der Waals surface area (Å²) in [6.45, 7) is 9.93. The molecule has 2 rings (SSSR count). The summed E-state index contributed by atoms with van der Waals surface area (Å²) in [6.07, 6.45) is 5.33. The molecule has 21 heavy (non-hydrogen) atoms. The Morgan fingerprint density at radius 1 is 1.24 bits per heavy atom. The maximum atomic E-state index is 5.85. The van der Waals surface area contributed by atoms with E-state index < -0.39 is 0 Å². The lowest BCUT2D eigenvalue weighted by Gasteiger charge is -2.22. The van der Waals surface area contributed by atoms with Crippen LogP contribution in [0.25, 0.3) is 0 Å². The Hall–Kier alpha value is -0.860. The maximum Gasteiger partial charge on any atom is 0.0579 e. The molecule has 0 aromatic heterocycles. The van der Waals surface area contributed by atoms with Crippen molar-refractivity contribution in [2.75, 3.05) is 19.7 Å². The summed E-state index contributed by atoms with van der Waals surface area (Å²) < 4.78 is 5.85. The number of ether oxygens (including phenoxy) is 1. The molecule has 118 valence electrons. The van der Waals surface area contributed by atoms with E-state index in [9.17, 15) is 0 Å². The van der Waals surface area contributed by atoms with Gasteiger partial charge in [-0.25, -0.2) is 0 Å². The van der Waals surface area contributed by atoms with Crippen LogP contribution in [0.5, 0.6) is 0 Å². The lowest BCUT2D eigenvalue weighted by molar-refractivity contribution is 0.0891. The zero-order valence-corrected chi connectivity index (χ0v) is 13.9. The van der Waals surface area contributed by atoms with Gasteiger partial charge in [0.1, 0.15) is 0 Å². The molecule has 0 aliphatic carbocycles. The van der Waals surface area contributed by atoms with Gasteiger partial charge in [0.2, 0.25) is 0 Å². The Morgan fingerprint density at radius 2 is 2.05 bits per heavy atom. The van der Waals surface area contributed by atoms with E-state index in [1.807, 2.05) is 0 Å². The summed E-state index contributed by atoms with van der Waals surface area (Å²) in [5, 5.41) is 3.64. The average Bonchev–Trinajstić information content (AvgIpc) is 2.93. The van der Waals surface area contributed by atoms with Crippen LogP contribution in [0.15, 0.2) is 24.3 Å². The topological polar surface area (TPSA) is 21.3 Å². The van der Waals surface area contributed by atoms with E-state index in [4.69, 9.17) is 4.74 Å². The molecular weight excluding hydrogens is 258 g/mol. The predicted molar refractivity (Wildman–Crippen MR) is 89.7 cm³/mol. The van der Waals surface area contributed by atoms with E-state index in [1.165, 1.54) is 30.4 Å². The van der Waals surface area contributed by atoms with Gasteiger partial charge in [-0.05, 0) is 68.7 Å². The van der Waals surface area contributed by atoms with E-state index in [0.717, 1.165) is 26.1 Å². The lowest BCUT2D eigenvalue weighted by atomic mass is 9.90. The van der Waals surface area contributed by atoms with Crippen molar-refractivity contribution in [3.63, 3.8) is 0 Å². The summed E-state index contributed by atoms with van der Waals surface area (Å²) in [7, 11) is 0. The zero-order chi connectivity index (χ0) is 15.1. The highest BCUT2D eigenvalue weighted by Crippen LogP contribution is 2.23. The molecule has 0 radical (unpaired) electrons. The molecule has 2 unspecified atom stereocenters. The van der Waals surface area contributed by atoms with Crippen LogP contribution in [0.4, 0.5) is 0 Å². The van der Waals surface area contributed by atoms with Gasteiger partial charge in [-0.15, -0.1) is 0 Å². The van der Waals surface area contributed by atoms with Crippen molar-refractivity contribution >= 4 is 0 Å². The third kappa shape index (κ3) is 5.80. The maximum absolute atomic E-state index is 5.85. The molecule has 0 bridgehead atoms. The second-order valence-corrected chi connectivity index (χ2v) is 6.92. The molecular formula is C19H31NO. The van der Waals surface area contributed by atoms with Gasteiger partial charge in [-0.1, -0.05) is 38.1 Å². The molecule has 1 aliphatic rings. The number of nitrogens with one attached hydrogen (secondary N) is 1. The molecule has 1 fully saturated rings. The fourth-order valence-electron chi connectivity index (χ4n) is 3.17. The van der Waals surface area contributed by atoms with E-state index in [2.05, 4.69) is 50.4 Å². The fraction of sp³-hybridized carbons (Fsp3) is 0.684. The third-order valence-corrected chi connectivity index (χ3v) is 4.38. The van der Waals surface area contributed by atoms with Gasteiger partial charge in [0.25, 0.3) is 0 Å². The Labute approximate surface area is 130 Å². The molecule has 1 aromatic carbocycles. The second-order valence-electron chi connectivity index (χ2n) is 6.92. The van der Waals surface area contributed by atoms with Crippen LogP contribution >= 0.6 is 0 Å². The zero-order valence-electron chi connectivity index (χ0n) is 13.9. The van der Waals surface area contributed by atoms with Gasteiger partial charge >= 0.3 is 0 Å². The van der Waals surface area contributed by atoms with Crippen molar-refractivity contribution in [3.05, 3.63) is 35.4 Å². The first-order valence-corrected chi connectivity index (χ1v) is 8.52. The number of hydrogen-bond donors (Lipinski definition) is 1. The summed E-state index contributed by atoms with van der Waals surface area (Å²) in [6, 6.07) is 8.79. The van der Waals surface area contributed by atoms with E-state index in [1.54, 1.807) is 0 Å². The number of rotatable bonds is 8. The average molecular weight is 289 g/mol. The first-order chi connectivity index (χ1) is 10.1. The van der Waals surface area contributed by atoms with Crippen LogP contribution in [0.1, 0.15) is 44.2 Å². The quantitative estimate of drug-likeness (QED) is 0.782. The largest absolute Gasteiger partial charge is 0.378 e. The van der Waals surface area contributed by atoms with Crippen molar-refractivity contribution in [3.8, 4) is 0 Å². The summed E-state index contributed by atoms with van der Waals surface area (Å²) >= 11 is 0. The van der Waals surface area contributed by atoms with Crippen LogP contribution in [0, 0.1) is 18.8 Å². The van der Waals surface area contributed by atoms with Crippen LogP contribution in [-0.4, -0.2) is 25.8 Å². The van der Waals surface area contributed by atoms with Crippen LogP contribution < -0.4 is 5.32 Å². The predicted octanol–water partition coefficient (Wildman–Crippen LogP) is 3.97. The SMILES string of the molecule is Cc1ccccc1CC(CNCC(C)C)CC1CCCO1. The molecule has 2 nitrogen and oxygen atoms in total. The highest BCUT2D eigenvalue weighted by molar-refractivity contribution is 5.26. The van der Waals surface area contributed by atoms with Gasteiger partial charge in [0, 0.05) is 6.61 Å². The number of hydrogen-bond acceptors (Lipinski definition) is 2. The minimum absolute atomic E-state index is 0.486. The van der Waals surface area contributed by atoms with Crippen molar-refractivity contribution in [1.29, 1.82) is 0 Å². The normalized spacial score (nSPS) is 20.1. The molecule has 1 heterocycles. The highest BCUT2D eigenvalue weighted by atomic mass is 16.5. The Balaban J connectivity index is 1.91. The molecule has 2 atom stereocenters. The lowest BCUT2D eigenvalue weighted by Crippen LogP contribution is -2.30. The Morgan fingerprint density at radius 3 is 2.71 bits per heavy atom. The fourth-order valence-corrected chi connectivity index (χ4v) is 3.17. The number of benzene rings is 1. The van der Waals surface area contributed by atoms with Gasteiger partial charge < -0.3 is 10.1 Å². The smallest absolute Gasteiger partial charge is 0.0579 e. The van der Waals surface area contributed by atoms with Crippen LogP contribution in [0.3, 0.4) is 0 Å². The third-order valence-electron chi connectivity index (χ3n) is 4.38. The van der Waals surface area contributed by atoms with Gasteiger partial charge in [-0.2, -0.15) is 0 Å². The van der Waals surface area contributed by atoms with Gasteiger partial charge in [0.05, 0.1) is 6.10 Å². The van der Waals surface area contributed by atoms with Gasteiger partial charge in [0.15, 0.2) is 0 Å². The summed E-state index contributed by atoms with van der Waals surface area (Å²) in [5.74, 6) is 1.39. The molecule has 0 amide bonds. The Bertz CT molecular complexity index is 410. The van der Waals surface area contributed by atoms with Crippen molar-refractivity contribution in [2.45, 2.75) is 52.6 Å². The van der Waals surface area contributed by atoms with Crippen molar-refractivity contribution < 1.29 is 4.74 Å². The van der Waals surface area contributed by atoms with Crippen LogP contribution in [-0.2, 0) is 11.2 Å². The van der Waals surface area contributed by atoms with Crippen molar-refractivity contribution in [2.24, 2.45) is 11.8 Å². The molecule has 1 aromatic rings. The minimum atomic E-state index is 0.486. The number of aryl methyl sites for hydroxylation is 1. The van der Waals surface area contributed by atoms with Crippen LogP contribution in [0.2, 0.25) is 0 Å². The first-order valence-electron chi connectivity index (χ1n) is 8.52. The monoisotopic (exact) mass is 289 g/mol. The van der Waals surface area contributed by atoms with E-state index >= 15 is 0 Å². The first kappa shape index (κ1) is 16.5. The van der Waals surface area contributed by atoms with Gasteiger partial charge in [-0.3, -0.25) is 0 Å². The summed E-state index contributed by atoms with van der Waals surface area (Å²) in [4.78, 5) is 0. The Kier molecular flexibility index (Phi) is 6.72. The summed E-state index contributed by atoms with van der Waals surface area (Å²) in [5.41, 5.74) is 2.91. The van der Waals surface area contributed by atoms with Crippen molar-refractivity contribution in [1.82, 2.24) is 5.32 Å². The minimum Gasteiger partial charge on any atom is -0.378 e. The molecule has 2 heteroatoms. The van der Waals surface area contributed by atoms with E-state index in [0.29, 0.717) is 17.9 Å². The standard InChI is InChI=1S/C19H31NO/c1-15(2)13-20-14-17(12-19-9-6-10-21-19)11-18-8-5-4-7-16(18)3/h4-5,7-8,15,17,19-20H,6,9-14H2,1-3H3. The molecule has 1 saturated heterocycles. The second kappa shape index (κ2) is 8.55. The molecule has 1 N–H and O–H groups in total. The molecule has 1 aliphatic heterocycles. The van der Waals surface area contributed by atoms with E-state index in [-0.39, 0.29) is 0 Å².